The van der Waals surface area contributed by atoms with Crippen molar-refractivity contribution in [2.75, 3.05) is 32.7 Å². The van der Waals surface area contributed by atoms with Gasteiger partial charge in [-0.25, -0.2) is 0 Å². The van der Waals surface area contributed by atoms with Crippen molar-refractivity contribution in [1.82, 2.24) is 4.90 Å². The molecule has 0 spiro atoms. The molecule has 0 aromatic heterocycles. The molecule has 28 heavy (non-hydrogen) atoms. The Morgan fingerprint density at radius 1 is 1.21 bits per heavy atom. The van der Waals surface area contributed by atoms with Gasteiger partial charge in [0.05, 0.1) is 25.8 Å². The molecule has 1 atom stereocenters. The lowest BCUT2D eigenvalue weighted by Gasteiger charge is -2.22. The fourth-order valence-electron chi connectivity index (χ4n) is 3.41. The van der Waals surface area contributed by atoms with Gasteiger partial charge in [-0.15, -0.1) is 0 Å². The summed E-state index contributed by atoms with van der Waals surface area (Å²) in [5.41, 5.74) is 1.59. The SMILES string of the molecule is COc1ccc(N2CC(C(=O)N(C)Cc3cccc(Cl)c3)CC2=O)c(OC)c1. The van der Waals surface area contributed by atoms with E-state index >= 15 is 0 Å². The molecule has 0 radical (unpaired) electrons. The summed E-state index contributed by atoms with van der Waals surface area (Å²) in [7, 11) is 4.85. The Hall–Kier alpha value is -2.73. The van der Waals surface area contributed by atoms with Gasteiger partial charge in [-0.2, -0.15) is 0 Å². The monoisotopic (exact) mass is 402 g/mol. The molecule has 1 aliphatic heterocycles. The molecule has 2 aromatic carbocycles. The predicted molar refractivity (Wildman–Crippen MR) is 108 cm³/mol. The van der Waals surface area contributed by atoms with Crippen molar-refractivity contribution in [2.24, 2.45) is 5.92 Å². The van der Waals surface area contributed by atoms with Gasteiger partial charge in [0, 0.05) is 37.6 Å². The van der Waals surface area contributed by atoms with E-state index in [1.807, 2.05) is 18.2 Å². The fourth-order valence-corrected chi connectivity index (χ4v) is 3.63. The number of rotatable bonds is 6. The number of amides is 2. The first kappa shape index (κ1) is 20.0. The fraction of sp³-hybridized carbons (Fsp3) is 0.333. The quantitative estimate of drug-likeness (QED) is 0.743. The minimum Gasteiger partial charge on any atom is -0.497 e. The number of anilines is 1. The molecule has 2 amide bonds. The van der Waals surface area contributed by atoms with Crippen molar-refractivity contribution >= 4 is 29.1 Å². The summed E-state index contributed by atoms with van der Waals surface area (Å²) in [6.45, 7) is 0.760. The number of halogens is 1. The van der Waals surface area contributed by atoms with E-state index in [0.717, 1.165) is 5.56 Å². The molecule has 0 saturated carbocycles. The zero-order valence-electron chi connectivity index (χ0n) is 16.1. The summed E-state index contributed by atoms with van der Waals surface area (Å²) in [5, 5.41) is 0.632. The van der Waals surface area contributed by atoms with Gasteiger partial charge in [0.15, 0.2) is 0 Å². The average Bonchev–Trinajstić information content (AvgIpc) is 3.08. The normalized spacial score (nSPS) is 16.2. The summed E-state index contributed by atoms with van der Waals surface area (Å²) in [5.74, 6) is 0.610. The van der Waals surface area contributed by atoms with Gasteiger partial charge in [-0.3, -0.25) is 9.59 Å². The van der Waals surface area contributed by atoms with Crippen LogP contribution in [0.1, 0.15) is 12.0 Å². The third-order valence-corrected chi connectivity index (χ3v) is 5.07. The number of benzene rings is 2. The number of methoxy groups -OCH3 is 2. The predicted octanol–water partition coefficient (Wildman–Crippen LogP) is 3.37. The molecule has 1 unspecified atom stereocenters. The molecule has 3 rings (SSSR count). The number of carbonyl (C=O) groups is 2. The van der Waals surface area contributed by atoms with Crippen LogP contribution in [0.3, 0.4) is 0 Å². The van der Waals surface area contributed by atoms with Gasteiger partial charge < -0.3 is 19.3 Å². The lowest BCUT2D eigenvalue weighted by Crippen LogP contribution is -2.34. The second-order valence-corrected chi connectivity index (χ2v) is 7.20. The van der Waals surface area contributed by atoms with Gasteiger partial charge >= 0.3 is 0 Å². The summed E-state index contributed by atoms with van der Waals surface area (Å²) in [6, 6.07) is 12.7. The van der Waals surface area contributed by atoms with Crippen LogP contribution in [-0.4, -0.2) is 44.5 Å². The standard InChI is InChI=1S/C21H23ClN2O4/c1-23(12-14-5-4-6-16(22)9-14)21(26)15-10-20(25)24(13-15)18-8-7-17(27-2)11-19(18)28-3/h4-9,11,15H,10,12-13H2,1-3H3. The molecule has 0 bridgehead atoms. The van der Waals surface area contributed by atoms with Crippen LogP contribution >= 0.6 is 11.6 Å². The van der Waals surface area contributed by atoms with Crippen molar-refractivity contribution in [2.45, 2.75) is 13.0 Å². The Kier molecular flexibility index (Phi) is 6.09. The maximum absolute atomic E-state index is 12.9. The summed E-state index contributed by atoms with van der Waals surface area (Å²) >= 11 is 6.02. The van der Waals surface area contributed by atoms with Gasteiger partial charge in [-0.05, 0) is 29.8 Å². The highest BCUT2D eigenvalue weighted by molar-refractivity contribution is 6.30. The highest BCUT2D eigenvalue weighted by Gasteiger charge is 2.37. The molecule has 1 heterocycles. The van der Waals surface area contributed by atoms with E-state index in [2.05, 4.69) is 0 Å². The van der Waals surface area contributed by atoms with E-state index in [-0.39, 0.29) is 18.2 Å². The first-order valence-corrected chi connectivity index (χ1v) is 9.32. The van der Waals surface area contributed by atoms with Crippen LogP contribution in [-0.2, 0) is 16.1 Å². The van der Waals surface area contributed by atoms with Crippen molar-refractivity contribution in [1.29, 1.82) is 0 Å². The second kappa shape index (κ2) is 8.52. The average molecular weight is 403 g/mol. The van der Waals surface area contributed by atoms with Crippen LogP contribution in [0.25, 0.3) is 0 Å². The zero-order valence-corrected chi connectivity index (χ0v) is 16.9. The Labute approximate surface area is 169 Å². The van der Waals surface area contributed by atoms with E-state index < -0.39 is 5.92 Å². The van der Waals surface area contributed by atoms with E-state index in [9.17, 15) is 9.59 Å². The Balaban J connectivity index is 1.72. The minimum atomic E-state index is -0.400. The minimum absolute atomic E-state index is 0.0664. The highest BCUT2D eigenvalue weighted by atomic mass is 35.5. The topological polar surface area (TPSA) is 59.1 Å². The molecule has 1 fully saturated rings. The molecular weight excluding hydrogens is 380 g/mol. The van der Waals surface area contributed by atoms with E-state index in [1.54, 1.807) is 55.3 Å². The Morgan fingerprint density at radius 3 is 2.68 bits per heavy atom. The Morgan fingerprint density at radius 2 is 2.00 bits per heavy atom. The lowest BCUT2D eigenvalue weighted by atomic mass is 10.1. The van der Waals surface area contributed by atoms with Gasteiger partial charge in [0.25, 0.3) is 0 Å². The van der Waals surface area contributed by atoms with Crippen LogP contribution in [0.2, 0.25) is 5.02 Å². The molecule has 2 aromatic rings. The number of carbonyl (C=O) groups excluding carboxylic acids is 2. The second-order valence-electron chi connectivity index (χ2n) is 6.77. The molecule has 0 N–H and O–H groups in total. The summed E-state index contributed by atoms with van der Waals surface area (Å²) < 4.78 is 10.6. The van der Waals surface area contributed by atoms with Crippen molar-refractivity contribution in [3.05, 3.63) is 53.1 Å². The molecule has 1 saturated heterocycles. The summed E-state index contributed by atoms with van der Waals surface area (Å²) in [4.78, 5) is 28.7. The van der Waals surface area contributed by atoms with Crippen LogP contribution in [0.4, 0.5) is 5.69 Å². The zero-order chi connectivity index (χ0) is 20.3. The third-order valence-electron chi connectivity index (χ3n) is 4.84. The number of hydrogen-bond acceptors (Lipinski definition) is 4. The van der Waals surface area contributed by atoms with Crippen LogP contribution in [0, 0.1) is 5.92 Å². The van der Waals surface area contributed by atoms with E-state index in [4.69, 9.17) is 21.1 Å². The van der Waals surface area contributed by atoms with Crippen molar-refractivity contribution < 1.29 is 19.1 Å². The molecule has 6 nitrogen and oxygen atoms in total. The van der Waals surface area contributed by atoms with Crippen molar-refractivity contribution in [3.63, 3.8) is 0 Å². The maximum atomic E-state index is 12.9. The van der Waals surface area contributed by atoms with Gasteiger partial charge in [0.1, 0.15) is 11.5 Å². The smallest absolute Gasteiger partial charge is 0.228 e. The van der Waals surface area contributed by atoms with Crippen LogP contribution < -0.4 is 14.4 Å². The van der Waals surface area contributed by atoms with Gasteiger partial charge in [0.2, 0.25) is 11.8 Å². The molecule has 0 aliphatic carbocycles. The molecule has 1 aliphatic rings. The van der Waals surface area contributed by atoms with Gasteiger partial charge in [-0.1, -0.05) is 23.7 Å². The Bertz CT molecular complexity index is 886. The third kappa shape index (κ3) is 4.22. The number of hydrogen-bond donors (Lipinski definition) is 0. The largest absolute Gasteiger partial charge is 0.497 e. The van der Waals surface area contributed by atoms with Crippen molar-refractivity contribution in [3.8, 4) is 11.5 Å². The maximum Gasteiger partial charge on any atom is 0.228 e. The molecule has 148 valence electrons. The van der Waals surface area contributed by atoms with Crippen LogP contribution in [0.5, 0.6) is 11.5 Å². The first-order valence-electron chi connectivity index (χ1n) is 8.94. The van der Waals surface area contributed by atoms with Crippen LogP contribution in [0.15, 0.2) is 42.5 Å². The highest BCUT2D eigenvalue weighted by Crippen LogP contribution is 2.36. The lowest BCUT2D eigenvalue weighted by molar-refractivity contribution is -0.135. The first-order chi connectivity index (χ1) is 13.4. The van der Waals surface area contributed by atoms with E-state index in [1.165, 1.54) is 0 Å². The van der Waals surface area contributed by atoms with E-state index in [0.29, 0.717) is 35.3 Å². The summed E-state index contributed by atoms with van der Waals surface area (Å²) in [6.07, 6.45) is 0.175. The molecular formula is C21H23ClN2O4. The number of nitrogens with zero attached hydrogens (tertiary/aromatic N) is 2. The number of ether oxygens (including phenoxy) is 2. The molecule has 7 heteroatoms.